The maximum absolute atomic E-state index is 11.4. The van der Waals surface area contributed by atoms with Gasteiger partial charge in [-0.3, -0.25) is 4.79 Å². The zero-order valence-corrected chi connectivity index (χ0v) is 10.9. The molecule has 0 atom stereocenters. The van der Waals surface area contributed by atoms with Crippen LogP contribution in [0.5, 0.6) is 0 Å². The van der Waals surface area contributed by atoms with Crippen LogP contribution in [-0.4, -0.2) is 56.4 Å². The topological polar surface area (TPSA) is 70.6 Å². The van der Waals surface area contributed by atoms with Crippen molar-refractivity contribution < 1.29 is 13.2 Å². The summed E-state index contributed by atoms with van der Waals surface area (Å²) >= 11 is 0. The molecule has 6 nitrogen and oxygen atoms in total. The first kappa shape index (κ1) is 13.0. The molecule has 0 spiro atoms. The van der Waals surface area contributed by atoms with E-state index in [0.29, 0.717) is 44.0 Å². The average molecular weight is 269 g/mol. The summed E-state index contributed by atoms with van der Waals surface area (Å²) in [6, 6.07) is 5.24. The molecule has 98 valence electrons. The number of piperazine rings is 1. The van der Waals surface area contributed by atoms with Crippen LogP contribution < -0.4 is 4.90 Å². The van der Waals surface area contributed by atoms with E-state index >= 15 is 0 Å². The highest BCUT2D eigenvalue weighted by molar-refractivity contribution is 7.88. The molecule has 0 saturated carbocycles. The van der Waals surface area contributed by atoms with Crippen LogP contribution in [0, 0.1) is 0 Å². The Hall–Kier alpha value is -1.47. The Balaban J connectivity index is 2.07. The number of aldehydes is 1. The monoisotopic (exact) mass is 269 g/mol. The average Bonchev–Trinajstić information content (AvgIpc) is 2.38. The van der Waals surface area contributed by atoms with E-state index < -0.39 is 10.0 Å². The molecule has 18 heavy (non-hydrogen) atoms. The summed E-state index contributed by atoms with van der Waals surface area (Å²) in [5, 5.41) is 0. The first-order valence-electron chi connectivity index (χ1n) is 5.63. The molecule has 0 N–H and O–H groups in total. The van der Waals surface area contributed by atoms with Crippen LogP contribution in [0.1, 0.15) is 10.5 Å². The summed E-state index contributed by atoms with van der Waals surface area (Å²) in [4.78, 5) is 16.8. The van der Waals surface area contributed by atoms with E-state index in [0.717, 1.165) is 0 Å². The van der Waals surface area contributed by atoms with Crippen molar-refractivity contribution in [2.75, 3.05) is 37.3 Å². The highest BCUT2D eigenvalue weighted by Crippen LogP contribution is 2.14. The molecule has 1 aromatic heterocycles. The van der Waals surface area contributed by atoms with Gasteiger partial charge in [0.25, 0.3) is 0 Å². The zero-order valence-electron chi connectivity index (χ0n) is 10.1. The van der Waals surface area contributed by atoms with Crippen molar-refractivity contribution in [1.82, 2.24) is 9.29 Å². The highest BCUT2D eigenvalue weighted by atomic mass is 32.2. The molecule has 1 aromatic rings. The first-order chi connectivity index (χ1) is 8.50. The predicted molar refractivity (Wildman–Crippen MR) is 68.3 cm³/mol. The van der Waals surface area contributed by atoms with Crippen molar-refractivity contribution in [2.45, 2.75) is 0 Å². The van der Waals surface area contributed by atoms with Gasteiger partial charge in [0, 0.05) is 26.2 Å². The van der Waals surface area contributed by atoms with Gasteiger partial charge in [-0.1, -0.05) is 6.07 Å². The fraction of sp³-hybridized carbons (Fsp3) is 0.455. The van der Waals surface area contributed by atoms with Crippen molar-refractivity contribution >= 4 is 22.1 Å². The van der Waals surface area contributed by atoms with Gasteiger partial charge in [-0.15, -0.1) is 0 Å². The van der Waals surface area contributed by atoms with E-state index in [4.69, 9.17) is 0 Å². The Bertz CT molecular complexity index is 536. The van der Waals surface area contributed by atoms with Crippen LogP contribution in [0.25, 0.3) is 0 Å². The number of sulfonamides is 1. The summed E-state index contributed by atoms with van der Waals surface area (Å²) in [6.45, 7) is 2.07. The van der Waals surface area contributed by atoms with Gasteiger partial charge in [0.15, 0.2) is 6.29 Å². The van der Waals surface area contributed by atoms with Gasteiger partial charge in [-0.05, 0) is 12.1 Å². The largest absolute Gasteiger partial charge is 0.354 e. The Morgan fingerprint density at radius 1 is 1.22 bits per heavy atom. The van der Waals surface area contributed by atoms with Gasteiger partial charge in [0.2, 0.25) is 10.0 Å². The smallest absolute Gasteiger partial charge is 0.211 e. The SMILES string of the molecule is CS(=O)(=O)N1CCN(c2cccc(C=O)n2)CC1. The molecular formula is C11H15N3O3S. The molecule has 0 bridgehead atoms. The fourth-order valence-corrected chi connectivity index (χ4v) is 2.76. The Kier molecular flexibility index (Phi) is 3.63. The Labute approximate surface area is 106 Å². The lowest BCUT2D eigenvalue weighted by atomic mass is 10.3. The van der Waals surface area contributed by atoms with Crippen LogP contribution in [0.2, 0.25) is 0 Å². The highest BCUT2D eigenvalue weighted by Gasteiger charge is 2.23. The third kappa shape index (κ3) is 2.85. The summed E-state index contributed by atoms with van der Waals surface area (Å²) in [7, 11) is -3.11. The second kappa shape index (κ2) is 5.03. The lowest BCUT2D eigenvalue weighted by Gasteiger charge is -2.34. The maximum Gasteiger partial charge on any atom is 0.211 e. The molecule has 1 aliphatic rings. The van der Waals surface area contributed by atoms with E-state index in [9.17, 15) is 13.2 Å². The Morgan fingerprint density at radius 3 is 2.44 bits per heavy atom. The molecule has 0 aromatic carbocycles. The molecular weight excluding hydrogens is 254 g/mol. The number of carbonyl (C=O) groups excluding carboxylic acids is 1. The van der Waals surface area contributed by atoms with Crippen LogP contribution >= 0.6 is 0 Å². The summed E-state index contributed by atoms with van der Waals surface area (Å²) < 4.78 is 24.2. The molecule has 0 amide bonds. The molecule has 0 unspecified atom stereocenters. The molecule has 1 fully saturated rings. The van der Waals surface area contributed by atoms with Crippen molar-refractivity contribution in [3.05, 3.63) is 23.9 Å². The summed E-state index contributed by atoms with van der Waals surface area (Å²) in [5.41, 5.74) is 0.387. The number of nitrogens with zero attached hydrogens (tertiary/aromatic N) is 3. The van der Waals surface area contributed by atoms with E-state index in [1.165, 1.54) is 10.6 Å². The van der Waals surface area contributed by atoms with Gasteiger partial charge >= 0.3 is 0 Å². The van der Waals surface area contributed by atoms with Gasteiger partial charge in [-0.25, -0.2) is 13.4 Å². The standard InChI is InChI=1S/C11H15N3O3S/c1-18(16,17)14-7-5-13(6-8-14)11-4-2-3-10(9-15)12-11/h2-4,9H,5-8H2,1H3. The quantitative estimate of drug-likeness (QED) is 0.721. The van der Waals surface area contributed by atoms with Crippen molar-refractivity contribution in [3.63, 3.8) is 0 Å². The number of rotatable bonds is 3. The second-order valence-corrected chi connectivity index (χ2v) is 6.17. The van der Waals surface area contributed by atoms with Crippen LogP contribution in [-0.2, 0) is 10.0 Å². The first-order valence-corrected chi connectivity index (χ1v) is 7.48. The molecule has 7 heteroatoms. The van der Waals surface area contributed by atoms with Gasteiger partial charge in [0.1, 0.15) is 11.5 Å². The number of hydrogen-bond donors (Lipinski definition) is 0. The molecule has 2 heterocycles. The Morgan fingerprint density at radius 2 is 1.89 bits per heavy atom. The van der Waals surface area contributed by atoms with E-state index in [-0.39, 0.29) is 0 Å². The summed E-state index contributed by atoms with van der Waals surface area (Å²) in [5.74, 6) is 0.716. The number of carbonyl (C=O) groups is 1. The van der Waals surface area contributed by atoms with E-state index in [2.05, 4.69) is 4.98 Å². The molecule has 1 saturated heterocycles. The van der Waals surface area contributed by atoms with Crippen molar-refractivity contribution in [1.29, 1.82) is 0 Å². The van der Waals surface area contributed by atoms with Gasteiger partial charge in [0.05, 0.1) is 6.26 Å². The number of anilines is 1. The van der Waals surface area contributed by atoms with Crippen LogP contribution in [0.3, 0.4) is 0 Å². The third-order valence-corrected chi connectivity index (χ3v) is 4.21. The van der Waals surface area contributed by atoms with E-state index in [1.807, 2.05) is 11.0 Å². The normalized spacial score (nSPS) is 17.7. The minimum Gasteiger partial charge on any atom is -0.354 e. The summed E-state index contributed by atoms with van der Waals surface area (Å²) in [6.07, 6.45) is 1.92. The maximum atomic E-state index is 11.4. The number of aromatic nitrogens is 1. The van der Waals surface area contributed by atoms with Crippen LogP contribution in [0.4, 0.5) is 5.82 Å². The van der Waals surface area contributed by atoms with Crippen molar-refractivity contribution in [2.24, 2.45) is 0 Å². The number of pyridine rings is 1. The van der Waals surface area contributed by atoms with Crippen LogP contribution in [0.15, 0.2) is 18.2 Å². The fourth-order valence-electron chi connectivity index (χ4n) is 1.93. The van der Waals surface area contributed by atoms with Gasteiger partial charge < -0.3 is 4.90 Å². The molecule has 1 aliphatic heterocycles. The predicted octanol–water partition coefficient (Wildman–Crippen LogP) is -0.0243. The van der Waals surface area contributed by atoms with E-state index in [1.54, 1.807) is 12.1 Å². The molecule has 0 aliphatic carbocycles. The minimum absolute atomic E-state index is 0.387. The lowest BCUT2D eigenvalue weighted by molar-refractivity contribution is 0.111. The second-order valence-electron chi connectivity index (χ2n) is 4.19. The lowest BCUT2D eigenvalue weighted by Crippen LogP contribution is -2.48. The minimum atomic E-state index is -3.11. The zero-order chi connectivity index (χ0) is 13.2. The van der Waals surface area contributed by atoms with Gasteiger partial charge in [-0.2, -0.15) is 4.31 Å². The molecule has 2 rings (SSSR count). The number of hydrogen-bond acceptors (Lipinski definition) is 5. The third-order valence-electron chi connectivity index (χ3n) is 2.91. The van der Waals surface area contributed by atoms with Crippen molar-refractivity contribution in [3.8, 4) is 0 Å². The molecule has 0 radical (unpaired) electrons.